The van der Waals surface area contributed by atoms with E-state index < -0.39 is 21.9 Å². The van der Waals surface area contributed by atoms with Gasteiger partial charge in [-0.1, -0.05) is 0 Å². The van der Waals surface area contributed by atoms with E-state index in [9.17, 15) is 17.6 Å². The standard InChI is InChI=1S/C15H18FN5O3S/c16-11-7-12(9-13(8-11)25(17,23)24)19-15(22)21-5-2-10(3-6-21)14-1-4-18-20-14/h1,4,7-10H,2-3,5-6H2,(H,18,20)(H,19,22)(H2,17,23,24). The Morgan fingerprint density at radius 2 is 2.04 bits per heavy atom. The lowest BCUT2D eigenvalue weighted by Crippen LogP contribution is -2.40. The molecule has 3 rings (SSSR count). The first-order valence-electron chi connectivity index (χ1n) is 7.71. The smallest absolute Gasteiger partial charge is 0.321 e. The summed E-state index contributed by atoms with van der Waals surface area (Å²) < 4.78 is 36.3. The molecule has 2 amide bonds. The molecule has 25 heavy (non-hydrogen) atoms. The molecule has 1 aromatic heterocycles. The number of amides is 2. The van der Waals surface area contributed by atoms with Crippen LogP contribution < -0.4 is 10.5 Å². The number of benzene rings is 1. The Morgan fingerprint density at radius 1 is 1.32 bits per heavy atom. The SMILES string of the molecule is NS(=O)(=O)c1cc(F)cc(NC(=O)N2CCC(c3ccn[nH]3)CC2)c1. The molecule has 1 saturated heterocycles. The summed E-state index contributed by atoms with van der Waals surface area (Å²) >= 11 is 0. The molecular formula is C15H18FN5O3S. The number of nitrogens with zero attached hydrogens (tertiary/aromatic N) is 2. The lowest BCUT2D eigenvalue weighted by molar-refractivity contribution is 0.194. The summed E-state index contributed by atoms with van der Waals surface area (Å²) in [6.07, 6.45) is 3.25. The minimum atomic E-state index is -4.06. The maximum atomic E-state index is 13.6. The van der Waals surface area contributed by atoms with Gasteiger partial charge in [-0.05, 0) is 37.1 Å². The molecular weight excluding hydrogens is 349 g/mol. The normalized spacial score (nSPS) is 16.0. The number of H-pyrrole nitrogens is 1. The van der Waals surface area contributed by atoms with Crippen molar-refractivity contribution in [3.63, 3.8) is 0 Å². The predicted octanol–water partition coefficient (Wildman–Crippen LogP) is 1.61. The second-order valence-corrected chi connectivity index (χ2v) is 7.49. The van der Waals surface area contributed by atoms with Crippen LogP contribution in [0.15, 0.2) is 35.4 Å². The van der Waals surface area contributed by atoms with E-state index in [1.807, 2.05) is 6.07 Å². The summed E-state index contributed by atoms with van der Waals surface area (Å²) in [4.78, 5) is 13.5. The van der Waals surface area contributed by atoms with Crippen LogP contribution in [0.4, 0.5) is 14.9 Å². The van der Waals surface area contributed by atoms with Crippen LogP contribution in [0.1, 0.15) is 24.5 Å². The molecule has 0 spiro atoms. The van der Waals surface area contributed by atoms with Crippen LogP contribution in [0.2, 0.25) is 0 Å². The number of aromatic amines is 1. The van der Waals surface area contributed by atoms with Gasteiger partial charge >= 0.3 is 6.03 Å². The van der Waals surface area contributed by atoms with Crippen molar-refractivity contribution in [3.05, 3.63) is 42.0 Å². The van der Waals surface area contributed by atoms with E-state index in [1.165, 1.54) is 0 Å². The maximum Gasteiger partial charge on any atom is 0.321 e. The van der Waals surface area contributed by atoms with E-state index in [0.717, 1.165) is 36.7 Å². The number of piperidine rings is 1. The Bertz CT molecular complexity index is 861. The maximum absolute atomic E-state index is 13.6. The van der Waals surface area contributed by atoms with E-state index >= 15 is 0 Å². The minimum absolute atomic E-state index is 0.0460. The van der Waals surface area contributed by atoms with Crippen molar-refractivity contribution in [2.75, 3.05) is 18.4 Å². The van der Waals surface area contributed by atoms with Crippen molar-refractivity contribution in [1.82, 2.24) is 15.1 Å². The summed E-state index contributed by atoms with van der Waals surface area (Å²) in [6, 6.07) is 4.49. The summed E-state index contributed by atoms with van der Waals surface area (Å²) in [5.74, 6) is -0.477. The number of primary sulfonamides is 1. The predicted molar refractivity (Wildman–Crippen MR) is 88.9 cm³/mol. The van der Waals surface area contributed by atoms with Gasteiger partial charge in [0, 0.05) is 36.6 Å². The largest absolute Gasteiger partial charge is 0.324 e. The van der Waals surface area contributed by atoms with Crippen LogP contribution in [0, 0.1) is 5.82 Å². The number of sulfonamides is 1. The van der Waals surface area contributed by atoms with E-state index in [4.69, 9.17) is 5.14 Å². The van der Waals surface area contributed by atoms with Crippen LogP contribution in [0.25, 0.3) is 0 Å². The zero-order valence-electron chi connectivity index (χ0n) is 13.3. The number of carbonyl (C=O) groups is 1. The second-order valence-electron chi connectivity index (χ2n) is 5.92. The number of hydrogen-bond donors (Lipinski definition) is 3. The highest BCUT2D eigenvalue weighted by Crippen LogP contribution is 2.26. The van der Waals surface area contributed by atoms with Gasteiger partial charge in [-0.2, -0.15) is 5.10 Å². The van der Waals surface area contributed by atoms with Crippen LogP contribution in [-0.2, 0) is 10.0 Å². The third-order valence-corrected chi connectivity index (χ3v) is 5.09. The molecule has 0 bridgehead atoms. The number of carbonyl (C=O) groups excluding carboxylic acids is 1. The highest BCUT2D eigenvalue weighted by Gasteiger charge is 2.25. The van der Waals surface area contributed by atoms with Crippen molar-refractivity contribution in [2.45, 2.75) is 23.7 Å². The number of nitrogens with two attached hydrogens (primary N) is 1. The van der Waals surface area contributed by atoms with Crippen molar-refractivity contribution in [2.24, 2.45) is 5.14 Å². The fourth-order valence-electron chi connectivity index (χ4n) is 2.89. The van der Waals surface area contributed by atoms with Gasteiger partial charge in [0.1, 0.15) is 5.82 Å². The van der Waals surface area contributed by atoms with E-state index in [2.05, 4.69) is 15.5 Å². The van der Waals surface area contributed by atoms with Gasteiger partial charge in [0.05, 0.1) is 4.90 Å². The monoisotopic (exact) mass is 367 g/mol. The number of nitrogens with one attached hydrogen (secondary N) is 2. The number of anilines is 1. The van der Waals surface area contributed by atoms with Gasteiger partial charge in [0.2, 0.25) is 10.0 Å². The first-order valence-corrected chi connectivity index (χ1v) is 9.26. The Hall–Kier alpha value is -2.46. The van der Waals surface area contributed by atoms with Crippen molar-refractivity contribution in [1.29, 1.82) is 0 Å². The third kappa shape index (κ3) is 4.15. The molecule has 0 unspecified atom stereocenters. The quantitative estimate of drug-likeness (QED) is 0.763. The van der Waals surface area contributed by atoms with Crippen LogP contribution >= 0.6 is 0 Å². The Morgan fingerprint density at radius 3 is 2.64 bits per heavy atom. The molecule has 1 aliphatic heterocycles. The molecule has 1 aliphatic rings. The minimum Gasteiger partial charge on any atom is -0.324 e. The average molecular weight is 367 g/mol. The molecule has 0 saturated carbocycles. The Labute approximate surface area is 144 Å². The van der Waals surface area contributed by atoms with E-state index in [0.29, 0.717) is 19.0 Å². The molecule has 4 N–H and O–H groups in total. The zero-order valence-corrected chi connectivity index (χ0v) is 14.1. The third-order valence-electron chi connectivity index (χ3n) is 4.20. The lowest BCUT2D eigenvalue weighted by Gasteiger charge is -2.31. The lowest BCUT2D eigenvalue weighted by atomic mass is 9.94. The molecule has 0 aliphatic carbocycles. The molecule has 10 heteroatoms. The van der Waals surface area contributed by atoms with Crippen LogP contribution in [0.3, 0.4) is 0 Å². The van der Waals surface area contributed by atoms with E-state index in [1.54, 1.807) is 11.1 Å². The molecule has 2 heterocycles. The topological polar surface area (TPSA) is 121 Å². The summed E-state index contributed by atoms with van der Waals surface area (Å²) in [5.41, 5.74) is 1.09. The number of rotatable bonds is 3. The first kappa shape index (κ1) is 17.4. The number of likely N-dealkylation sites (tertiary alicyclic amines) is 1. The van der Waals surface area contributed by atoms with Crippen LogP contribution in [0.5, 0.6) is 0 Å². The number of halogens is 1. The Balaban J connectivity index is 1.64. The average Bonchev–Trinajstić information content (AvgIpc) is 3.08. The summed E-state index contributed by atoms with van der Waals surface area (Å²) in [6.45, 7) is 1.07. The summed E-state index contributed by atoms with van der Waals surface area (Å²) in [7, 11) is -4.06. The van der Waals surface area contributed by atoms with Gasteiger partial charge in [0.25, 0.3) is 0 Å². The molecule has 1 fully saturated rings. The highest BCUT2D eigenvalue weighted by atomic mass is 32.2. The fraction of sp³-hybridized carbons (Fsp3) is 0.333. The van der Waals surface area contributed by atoms with E-state index in [-0.39, 0.29) is 10.6 Å². The first-order chi connectivity index (χ1) is 11.8. The van der Waals surface area contributed by atoms with Gasteiger partial charge in [-0.3, -0.25) is 5.10 Å². The molecule has 8 nitrogen and oxygen atoms in total. The summed E-state index contributed by atoms with van der Waals surface area (Å²) in [5, 5.41) is 14.4. The van der Waals surface area contributed by atoms with Gasteiger partial charge in [-0.25, -0.2) is 22.7 Å². The molecule has 2 aromatic rings. The second kappa shape index (κ2) is 6.81. The molecule has 0 radical (unpaired) electrons. The van der Waals surface area contributed by atoms with Gasteiger partial charge < -0.3 is 10.2 Å². The zero-order chi connectivity index (χ0) is 18.0. The molecule has 134 valence electrons. The fourth-order valence-corrected chi connectivity index (χ4v) is 3.46. The van der Waals surface area contributed by atoms with Crippen molar-refractivity contribution < 1.29 is 17.6 Å². The number of urea groups is 1. The molecule has 1 aromatic carbocycles. The van der Waals surface area contributed by atoms with Gasteiger partial charge in [0.15, 0.2) is 0 Å². The van der Waals surface area contributed by atoms with Crippen molar-refractivity contribution >= 4 is 21.7 Å². The Kier molecular flexibility index (Phi) is 4.73. The van der Waals surface area contributed by atoms with Gasteiger partial charge in [-0.15, -0.1) is 0 Å². The molecule has 0 atom stereocenters. The van der Waals surface area contributed by atoms with Crippen molar-refractivity contribution in [3.8, 4) is 0 Å². The number of hydrogen-bond acceptors (Lipinski definition) is 4. The van der Waals surface area contributed by atoms with Crippen LogP contribution in [-0.4, -0.2) is 42.6 Å². The number of aromatic nitrogens is 2. The highest BCUT2D eigenvalue weighted by molar-refractivity contribution is 7.89.